The number of ether oxygens (including phenoxy) is 3. The van der Waals surface area contributed by atoms with Crippen LogP contribution in [0.4, 0.5) is 0 Å². The molecule has 196 valence electrons. The molecule has 1 aromatic carbocycles. The summed E-state index contributed by atoms with van der Waals surface area (Å²) in [6.45, 7) is 3.82. The molecule has 1 saturated carbocycles. The first-order chi connectivity index (χ1) is 17.8. The normalized spacial score (nSPS) is 22.4. The van der Waals surface area contributed by atoms with Gasteiger partial charge in [-0.15, -0.1) is 5.10 Å². The monoisotopic (exact) mass is 506 g/mol. The molecule has 0 spiro atoms. The van der Waals surface area contributed by atoms with Crippen molar-refractivity contribution in [2.45, 2.75) is 70.8 Å². The highest BCUT2D eigenvalue weighted by Crippen LogP contribution is 2.45. The number of aryl methyl sites for hydroxylation is 3. The standard InChI is InChI=1S/C28H34N4O5/c1-17-13-18(2)32-27(29-17)30-25(31-32)15-22-23(33)16-28(37-26(22)34,20-7-5-6-8-20)12-11-19-9-10-21(35-3)14-24(19)36-4/h9-10,13-14,20,22H,5-8,11-12,15-16H2,1-4H3. The average molecular weight is 507 g/mol. The fourth-order valence-corrected chi connectivity index (χ4v) is 5.96. The Morgan fingerprint density at radius 2 is 1.86 bits per heavy atom. The van der Waals surface area contributed by atoms with Gasteiger partial charge in [-0.3, -0.25) is 9.59 Å². The Bertz CT molecular complexity index is 1310. The average Bonchev–Trinajstić information content (AvgIpc) is 3.56. The molecule has 0 N–H and O–H groups in total. The van der Waals surface area contributed by atoms with E-state index < -0.39 is 17.5 Å². The molecular formula is C28H34N4O5. The first-order valence-corrected chi connectivity index (χ1v) is 13.0. The Labute approximate surface area is 216 Å². The van der Waals surface area contributed by atoms with Gasteiger partial charge < -0.3 is 14.2 Å². The zero-order chi connectivity index (χ0) is 26.2. The Morgan fingerprint density at radius 3 is 2.57 bits per heavy atom. The molecule has 9 heteroatoms. The van der Waals surface area contributed by atoms with Crippen LogP contribution >= 0.6 is 0 Å². The Morgan fingerprint density at radius 1 is 1.08 bits per heavy atom. The van der Waals surface area contributed by atoms with Crippen LogP contribution in [0.25, 0.3) is 5.78 Å². The summed E-state index contributed by atoms with van der Waals surface area (Å²) in [5.74, 6) is 1.05. The summed E-state index contributed by atoms with van der Waals surface area (Å²) in [7, 11) is 3.25. The highest BCUT2D eigenvalue weighted by molar-refractivity contribution is 6.01. The third kappa shape index (κ3) is 4.91. The van der Waals surface area contributed by atoms with Crippen LogP contribution in [-0.2, 0) is 27.2 Å². The maximum atomic E-state index is 13.5. The summed E-state index contributed by atoms with van der Waals surface area (Å²) in [5.41, 5.74) is 1.94. The third-order valence-corrected chi connectivity index (χ3v) is 7.91. The summed E-state index contributed by atoms with van der Waals surface area (Å²) in [6.07, 6.45) is 5.64. The van der Waals surface area contributed by atoms with Gasteiger partial charge in [-0.2, -0.15) is 4.98 Å². The van der Waals surface area contributed by atoms with Crippen LogP contribution in [0.1, 0.15) is 61.3 Å². The predicted molar refractivity (Wildman–Crippen MR) is 136 cm³/mol. The Hall–Kier alpha value is -3.49. The van der Waals surface area contributed by atoms with Crippen LogP contribution < -0.4 is 9.47 Å². The second kappa shape index (κ2) is 10.1. The number of esters is 1. The first-order valence-electron chi connectivity index (χ1n) is 13.0. The van der Waals surface area contributed by atoms with Gasteiger partial charge in [-0.05, 0) is 63.1 Å². The molecule has 5 rings (SSSR count). The zero-order valence-corrected chi connectivity index (χ0v) is 22.0. The Balaban J connectivity index is 1.36. The number of carbonyl (C=O) groups excluding carboxylic acids is 2. The number of benzene rings is 1. The van der Waals surface area contributed by atoms with Crippen molar-refractivity contribution in [1.29, 1.82) is 0 Å². The molecule has 1 aliphatic carbocycles. The van der Waals surface area contributed by atoms with Crippen molar-refractivity contribution in [2.75, 3.05) is 14.2 Å². The number of methoxy groups -OCH3 is 2. The highest BCUT2D eigenvalue weighted by Gasteiger charge is 2.51. The molecule has 9 nitrogen and oxygen atoms in total. The maximum absolute atomic E-state index is 13.5. The number of hydrogen-bond acceptors (Lipinski definition) is 8. The number of rotatable bonds is 8. The van der Waals surface area contributed by atoms with Crippen LogP contribution in [0.3, 0.4) is 0 Å². The van der Waals surface area contributed by atoms with E-state index in [4.69, 9.17) is 14.2 Å². The SMILES string of the molecule is COc1ccc(CCC2(C3CCCC3)CC(=O)C(Cc3nc4nc(C)cc(C)n4n3)C(=O)O2)c(OC)c1. The van der Waals surface area contributed by atoms with Crippen LogP contribution in [0.15, 0.2) is 24.3 Å². The molecule has 37 heavy (non-hydrogen) atoms. The minimum absolute atomic E-state index is 0.0930. The summed E-state index contributed by atoms with van der Waals surface area (Å²) in [6, 6.07) is 7.64. The van der Waals surface area contributed by atoms with Crippen molar-refractivity contribution in [3.05, 3.63) is 47.0 Å². The van der Waals surface area contributed by atoms with Gasteiger partial charge in [0.05, 0.1) is 14.2 Å². The van der Waals surface area contributed by atoms with Crippen LogP contribution in [-0.4, -0.2) is 51.2 Å². The molecule has 2 aromatic heterocycles. The van der Waals surface area contributed by atoms with Gasteiger partial charge in [0.15, 0.2) is 11.6 Å². The highest BCUT2D eigenvalue weighted by atomic mass is 16.6. The van der Waals surface area contributed by atoms with Crippen molar-refractivity contribution in [1.82, 2.24) is 19.6 Å². The molecule has 0 radical (unpaired) electrons. The van der Waals surface area contributed by atoms with Crippen LogP contribution in [0.2, 0.25) is 0 Å². The fourth-order valence-electron chi connectivity index (χ4n) is 5.96. The molecule has 2 unspecified atom stereocenters. The molecule has 1 aliphatic heterocycles. The minimum Gasteiger partial charge on any atom is -0.497 e. The van der Waals surface area contributed by atoms with E-state index in [1.165, 1.54) is 0 Å². The molecule has 3 aromatic rings. The van der Waals surface area contributed by atoms with Crippen molar-refractivity contribution in [2.24, 2.45) is 11.8 Å². The van der Waals surface area contributed by atoms with Gasteiger partial charge in [0, 0.05) is 30.3 Å². The molecule has 2 atom stereocenters. The Kier molecular flexibility index (Phi) is 6.88. The molecule has 0 amide bonds. The number of fused-ring (bicyclic) bond motifs is 1. The van der Waals surface area contributed by atoms with Gasteiger partial charge in [-0.1, -0.05) is 18.9 Å². The number of carbonyl (C=O) groups is 2. The molecule has 2 aliphatic rings. The third-order valence-electron chi connectivity index (χ3n) is 7.91. The first kappa shape index (κ1) is 25.2. The lowest BCUT2D eigenvalue weighted by Gasteiger charge is -2.43. The van der Waals surface area contributed by atoms with E-state index in [-0.39, 0.29) is 24.5 Å². The van der Waals surface area contributed by atoms with Crippen molar-refractivity contribution < 1.29 is 23.8 Å². The van der Waals surface area contributed by atoms with E-state index in [2.05, 4.69) is 15.1 Å². The molecule has 0 bridgehead atoms. The van der Waals surface area contributed by atoms with Crippen LogP contribution in [0.5, 0.6) is 11.5 Å². The molecule has 2 fully saturated rings. The quantitative estimate of drug-likeness (QED) is 0.334. The topological polar surface area (TPSA) is 105 Å². The number of Topliss-reactive ketones (excluding diaryl/α,β-unsaturated/α-hetero) is 1. The summed E-state index contributed by atoms with van der Waals surface area (Å²) < 4.78 is 18.8. The van der Waals surface area contributed by atoms with Gasteiger partial charge in [0.25, 0.3) is 5.78 Å². The fraction of sp³-hybridized carbons (Fsp3) is 0.536. The number of aromatic nitrogens is 4. The minimum atomic E-state index is -0.899. The van der Waals surface area contributed by atoms with Crippen molar-refractivity contribution >= 4 is 17.5 Å². The lowest BCUT2D eigenvalue weighted by atomic mass is 9.73. The number of nitrogens with zero attached hydrogens (tertiary/aromatic N) is 4. The van der Waals surface area contributed by atoms with E-state index >= 15 is 0 Å². The summed E-state index contributed by atoms with van der Waals surface area (Å²) in [5, 5.41) is 4.50. The molecule has 3 heterocycles. The van der Waals surface area contributed by atoms with Gasteiger partial charge in [-0.25, -0.2) is 9.50 Å². The van der Waals surface area contributed by atoms with E-state index in [0.717, 1.165) is 48.4 Å². The van der Waals surface area contributed by atoms with E-state index in [1.807, 2.05) is 38.1 Å². The van der Waals surface area contributed by atoms with Gasteiger partial charge >= 0.3 is 5.97 Å². The largest absolute Gasteiger partial charge is 0.497 e. The summed E-state index contributed by atoms with van der Waals surface area (Å²) >= 11 is 0. The van der Waals surface area contributed by atoms with E-state index in [0.29, 0.717) is 30.2 Å². The predicted octanol–water partition coefficient (Wildman–Crippen LogP) is 3.99. The van der Waals surface area contributed by atoms with Crippen LogP contribution in [0, 0.1) is 25.7 Å². The maximum Gasteiger partial charge on any atom is 0.317 e. The van der Waals surface area contributed by atoms with Crippen molar-refractivity contribution in [3.63, 3.8) is 0 Å². The smallest absolute Gasteiger partial charge is 0.317 e. The molecular weight excluding hydrogens is 472 g/mol. The lowest BCUT2D eigenvalue weighted by Crippen LogP contribution is -2.52. The number of ketones is 1. The van der Waals surface area contributed by atoms with E-state index in [9.17, 15) is 9.59 Å². The lowest BCUT2D eigenvalue weighted by molar-refractivity contribution is -0.185. The van der Waals surface area contributed by atoms with Gasteiger partial charge in [0.1, 0.15) is 23.0 Å². The van der Waals surface area contributed by atoms with E-state index in [1.54, 1.807) is 18.7 Å². The van der Waals surface area contributed by atoms with Gasteiger partial charge in [0.2, 0.25) is 0 Å². The second-order valence-electron chi connectivity index (χ2n) is 10.3. The molecule has 1 saturated heterocycles. The zero-order valence-electron chi connectivity index (χ0n) is 22.0. The number of cyclic esters (lactones) is 1. The van der Waals surface area contributed by atoms with Crippen molar-refractivity contribution in [3.8, 4) is 11.5 Å². The number of hydrogen-bond donors (Lipinski definition) is 0. The second-order valence-corrected chi connectivity index (χ2v) is 10.3. The summed E-state index contributed by atoms with van der Waals surface area (Å²) in [4.78, 5) is 35.8.